The fourth-order valence-electron chi connectivity index (χ4n) is 3.27. The number of hydrogen-bond acceptors (Lipinski definition) is 3. The van der Waals surface area contributed by atoms with Crippen molar-refractivity contribution in [2.45, 2.75) is 25.4 Å². The Labute approximate surface area is 125 Å². The number of ether oxygens (including phenoxy) is 2. The third-order valence-corrected chi connectivity index (χ3v) is 4.71. The van der Waals surface area contributed by atoms with Gasteiger partial charge in [-0.25, -0.2) is 0 Å². The van der Waals surface area contributed by atoms with Crippen LogP contribution in [0.1, 0.15) is 19.3 Å². The molecule has 20 heavy (non-hydrogen) atoms. The van der Waals surface area contributed by atoms with Crippen molar-refractivity contribution in [3.05, 3.63) is 29.3 Å². The lowest BCUT2D eigenvalue weighted by Gasteiger charge is -2.34. The first-order valence-electron chi connectivity index (χ1n) is 7.54. The van der Waals surface area contributed by atoms with Crippen LogP contribution < -0.4 is 10.1 Å². The standard InChI is InChI=1S/C16H22ClNO2/c17-14-3-1-2-4-15(14)20-16(13-5-8-18-11-13)12-6-9-19-10-7-12/h1-4,12-13,16,18H,5-11H2/t13-,16-/m0/s1. The number of nitrogens with one attached hydrogen (secondary N) is 1. The van der Waals surface area contributed by atoms with Gasteiger partial charge in [-0.05, 0) is 37.9 Å². The third-order valence-electron chi connectivity index (χ3n) is 4.39. The molecule has 0 unspecified atom stereocenters. The molecule has 2 aliphatic rings. The van der Waals surface area contributed by atoms with Gasteiger partial charge in [-0.1, -0.05) is 23.7 Å². The molecule has 3 nitrogen and oxygen atoms in total. The fourth-order valence-corrected chi connectivity index (χ4v) is 3.45. The van der Waals surface area contributed by atoms with Crippen LogP contribution in [-0.4, -0.2) is 32.4 Å². The molecule has 2 aliphatic heterocycles. The van der Waals surface area contributed by atoms with E-state index in [0.717, 1.165) is 44.9 Å². The van der Waals surface area contributed by atoms with Gasteiger partial charge in [0.05, 0.1) is 5.02 Å². The molecular formula is C16H22ClNO2. The molecule has 0 radical (unpaired) electrons. The van der Waals surface area contributed by atoms with Crippen LogP contribution in [0.2, 0.25) is 5.02 Å². The molecule has 0 amide bonds. The monoisotopic (exact) mass is 295 g/mol. The van der Waals surface area contributed by atoms with E-state index in [-0.39, 0.29) is 6.10 Å². The molecule has 1 N–H and O–H groups in total. The Bertz CT molecular complexity index is 428. The molecule has 0 aromatic heterocycles. The molecule has 0 saturated carbocycles. The summed E-state index contributed by atoms with van der Waals surface area (Å²) in [4.78, 5) is 0. The lowest BCUT2D eigenvalue weighted by atomic mass is 9.85. The van der Waals surface area contributed by atoms with Gasteiger partial charge in [0.25, 0.3) is 0 Å². The van der Waals surface area contributed by atoms with Gasteiger partial charge in [0.15, 0.2) is 0 Å². The van der Waals surface area contributed by atoms with Crippen molar-refractivity contribution in [1.29, 1.82) is 0 Å². The van der Waals surface area contributed by atoms with E-state index in [2.05, 4.69) is 5.32 Å². The number of benzene rings is 1. The quantitative estimate of drug-likeness (QED) is 0.926. The Balaban J connectivity index is 1.75. The molecule has 2 saturated heterocycles. The van der Waals surface area contributed by atoms with Gasteiger partial charge in [0.2, 0.25) is 0 Å². The molecule has 0 spiro atoms. The van der Waals surface area contributed by atoms with E-state index in [9.17, 15) is 0 Å². The second-order valence-corrected chi connectivity index (χ2v) is 6.12. The highest BCUT2D eigenvalue weighted by Crippen LogP contribution is 2.33. The fraction of sp³-hybridized carbons (Fsp3) is 0.625. The van der Waals surface area contributed by atoms with E-state index in [0.29, 0.717) is 16.9 Å². The van der Waals surface area contributed by atoms with Crippen LogP contribution in [0.15, 0.2) is 24.3 Å². The topological polar surface area (TPSA) is 30.5 Å². The highest BCUT2D eigenvalue weighted by Gasteiger charge is 2.34. The Morgan fingerprint density at radius 3 is 2.65 bits per heavy atom. The molecule has 4 heteroatoms. The first-order chi connectivity index (χ1) is 9.84. The van der Waals surface area contributed by atoms with Crippen LogP contribution in [0.5, 0.6) is 5.75 Å². The zero-order chi connectivity index (χ0) is 13.8. The van der Waals surface area contributed by atoms with Crippen molar-refractivity contribution in [2.24, 2.45) is 11.8 Å². The van der Waals surface area contributed by atoms with Crippen LogP contribution in [0.4, 0.5) is 0 Å². The van der Waals surface area contributed by atoms with Gasteiger partial charge in [-0.2, -0.15) is 0 Å². The summed E-state index contributed by atoms with van der Waals surface area (Å²) < 4.78 is 11.8. The van der Waals surface area contributed by atoms with Crippen molar-refractivity contribution in [2.75, 3.05) is 26.3 Å². The Hall–Kier alpha value is -0.770. The summed E-state index contributed by atoms with van der Waals surface area (Å²) in [6.45, 7) is 3.85. The van der Waals surface area contributed by atoms with E-state index in [4.69, 9.17) is 21.1 Å². The summed E-state index contributed by atoms with van der Waals surface area (Å²) in [7, 11) is 0. The van der Waals surface area contributed by atoms with Gasteiger partial charge in [-0.15, -0.1) is 0 Å². The van der Waals surface area contributed by atoms with Crippen LogP contribution in [-0.2, 0) is 4.74 Å². The zero-order valence-corrected chi connectivity index (χ0v) is 12.4. The predicted molar refractivity (Wildman–Crippen MR) is 80.4 cm³/mol. The summed E-state index contributed by atoms with van der Waals surface area (Å²) in [5.74, 6) is 1.97. The Morgan fingerprint density at radius 2 is 1.95 bits per heavy atom. The van der Waals surface area contributed by atoms with Crippen LogP contribution >= 0.6 is 11.6 Å². The normalized spacial score (nSPS) is 25.6. The van der Waals surface area contributed by atoms with Crippen molar-refractivity contribution < 1.29 is 9.47 Å². The lowest BCUT2D eigenvalue weighted by Crippen LogP contribution is -2.39. The molecular weight excluding hydrogens is 274 g/mol. The maximum absolute atomic E-state index is 6.34. The second-order valence-electron chi connectivity index (χ2n) is 5.72. The zero-order valence-electron chi connectivity index (χ0n) is 11.7. The van der Waals surface area contributed by atoms with Crippen molar-refractivity contribution >= 4 is 11.6 Å². The highest BCUT2D eigenvalue weighted by atomic mass is 35.5. The molecule has 1 aromatic carbocycles. The minimum atomic E-state index is 0.244. The Morgan fingerprint density at radius 1 is 1.15 bits per heavy atom. The number of hydrogen-bond donors (Lipinski definition) is 1. The minimum Gasteiger partial charge on any atom is -0.488 e. The maximum Gasteiger partial charge on any atom is 0.138 e. The van der Waals surface area contributed by atoms with Crippen molar-refractivity contribution in [3.8, 4) is 5.75 Å². The smallest absolute Gasteiger partial charge is 0.138 e. The molecule has 2 fully saturated rings. The summed E-state index contributed by atoms with van der Waals surface area (Å²) in [5.41, 5.74) is 0. The van der Waals surface area contributed by atoms with Crippen LogP contribution in [0, 0.1) is 11.8 Å². The highest BCUT2D eigenvalue weighted by molar-refractivity contribution is 6.32. The number of rotatable bonds is 4. The summed E-state index contributed by atoms with van der Waals surface area (Å²) in [6, 6.07) is 7.78. The predicted octanol–water partition coefficient (Wildman–Crippen LogP) is 3.12. The van der Waals surface area contributed by atoms with E-state index in [1.54, 1.807) is 0 Å². The first-order valence-corrected chi connectivity index (χ1v) is 7.92. The summed E-state index contributed by atoms with van der Waals surface area (Å²) >= 11 is 6.25. The SMILES string of the molecule is Clc1ccccc1O[C@@H](C1CCOCC1)[C@H]1CCNC1. The van der Waals surface area contributed by atoms with Gasteiger partial charge < -0.3 is 14.8 Å². The van der Waals surface area contributed by atoms with Crippen LogP contribution in [0.25, 0.3) is 0 Å². The molecule has 2 heterocycles. The average molecular weight is 296 g/mol. The van der Waals surface area contributed by atoms with Gasteiger partial charge in [-0.3, -0.25) is 0 Å². The summed E-state index contributed by atoms with van der Waals surface area (Å²) in [6.07, 6.45) is 3.61. The third kappa shape index (κ3) is 3.27. The summed E-state index contributed by atoms with van der Waals surface area (Å²) in [5, 5.41) is 4.15. The second kappa shape index (κ2) is 6.79. The first kappa shape index (κ1) is 14.2. The maximum atomic E-state index is 6.34. The van der Waals surface area contributed by atoms with Gasteiger partial charge in [0, 0.05) is 31.6 Å². The lowest BCUT2D eigenvalue weighted by molar-refractivity contribution is -0.00129. The van der Waals surface area contributed by atoms with E-state index >= 15 is 0 Å². The molecule has 0 aliphatic carbocycles. The average Bonchev–Trinajstić information content (AvgIpc) is 3.01. The molecule has 1 aromatic rings. The van der Waals surface area contributed by atoms with Gasteiger partial charge in [0.1, 0.15) is 11.9 Å². The number of para-hydroxylation sites is 1. The van der Waals surface area contributed by atoms with Crippen molar-refractivity contribution in [3.63, 3.8) is 0 Å². The molecule has 110 valence electrons. The van der Waals surface area contributed by atoms with E-state index in [1.807, 2.05) is 24.3 Å². The van der Waals surface area contributed by atoms with E-state index in [1.165, 1.54) is 6.42 Å². The molecule has 0 bridgehead atoms. The Kier molecular flexibility index (Phi) is 4.81. The molecule has 3 rings (SSSR count). The van der Waals surface area contributed by atoms with Crippen LogP contribution in [0.3, 0.4) is 0 Å². The van der Waals surface area contributed by atoms with E-state index < -0.39 is 0 Å². The number of halogens is 1. The minimum absolute atomic E-state index is 0.244. The van der Waals surface area contributed by atoms with Gasteiger partial charge >= 0.3 is 0 Å². The molecule has 2 atom stereocenters. The van der Waals surface area contributed by atoms with Crippen molar-refractivity contribution in [1.82, 2.24) is 5.32 Å². The largest absolute Gasteiger partial charge is 0.488 e.